The summed E-state index contributed by atoms with van der Waals surface area (Å²) in [5.74, 6) is -0.449. The van der Waals surface area contributed by atoms with Crippen LogP contribution in [0.15, 0.2) is 24.3 Å². The Morgan fingerprint density at radius 1 is 1.29 bits per heavy atom. The predicted molar refractivity (Wildman–Crippen MR) is 138 cm³/mol. The van der Waals surface area contributed by atoms with Gasteiger partial charge >= 0.3 is 0 Å². The number of aromatic amines is 1. The van der Waals surface area contributed by atoms with E-state index in [2.05, 4.69) is 41.0 Å². The number of fused-ring (bicyclic) bond motifs is 2. The van der Waals surface area contributed by atoms with Crippen LogP contribution >= 0.6 is 35.3 Å². The number of rotatable bonds is 4. The summed E-state index contributed by atoms with van der Waals surface area (Å²) in [7, 11) is 0. The van der Waals surface area contributed by atoms with Crippen molar-refractivity contribution in [3.63, 3.8) is 0 Å². The second-order valence-electron chi connectivity index (χ2n) is 10.1. The van der Waals surface area contributed by atoms with Crippen LogP contribution in [0.4, 0.5) is 0 Å². The summed E-state index contributed by atoms with van der Waals surface area (Å²) >= 11 is 7.50. The van der Waals surface area contributed by atoms with Gasteiger partial charge in [-0.2, -0.15) is 0 Å². The molecule has 7 nitrogen and oxygen atoms in total. The van der Waals surface area contributed by atoms with Gasteiger partial charge in [0.1, 0.15) is 11.2 Å². The van der Waals surface area contributed by atoms with Crippen LogP contribution in [0.2, 0.25) is 5.02 Å². The van der Waals surface area contributed by atoms with Gasteiger partial charge in [-0.1, -0.05) is 11.6 Å². The third-order valence-electron chi connectivity index (χ3n) is 6.86. The van der Waals surface area contributed by atoms with Crippen molar-refractivity contribution in [2.75, 3.05) is 0 Å². The first kappa shape index (κ1) is 25.1. The highest BCUT2D eigenvalue weighted by atomic mass is 35.5. The number of hydrogen-bond acceptors (Lipinski definition) is 6. The molecule has 2 aliphatic rings. The highest BCUT2D eigenvalue weighted by Crippen LogP contribution is 2.37. The quantitative estimate of drug-likeness (QED) is 0.432. The number of carbonyl (C=O) groups is 2. The molecular weight excluding hydrogens is 493 g/mol. The smallest absolute Gasteiger partial charge is 0.268 e. The molecule has 3 heterocycles. The molecule has 1 saturated carbocycles. The van der Waals surface area contributed by atoms with Crippen LogP contribution in [0, 0.1) is 0 Å². The largest absolute Gasteiger partial charge is 0.351 e. The molecule has 1 aromatic carbocycles. The van der Waals surface area contributed by atoms with Crippen LogP contribution in [-0.4, -0.2) is 43.7 Å². The highest BCUT2D eigenvalue weighted by molar-refractivity contribution is 7.13. The number of nitrogens with one attached hydrogen (secondary N) is 2. The topological polar surface area (TPSA) is 104 Å². The predicted octanol–water partition coefficient (Wildman–Crippen LogP) is 4.68. The first-order valence-electron chi connectivity index (χ1n) is 11.2. The monoisotopic (exact) mass is 521 g/mol. The molecular formula is C24H29Cl2N5O2S. The van der Waals surface area contributed by atoms with Gasteiger partial charge in [0, 0.05) is 39.4 Å². The number of H-pyrrole nitrogens is 1. The number of thiazole rings is 1. The molecule has 1 amide bonds. The van der Waals surface area contributed by atoms with E-state index >= 15 is 0 Å². The molecule has 34 heavy (non-hydrogen) atoms. The molecule has 1 aliphatic heterocycles. The second-order valence-corrected chi connectivity index (χ2v) is 11.6. The Labute approximate surface area is 213 Å². The molecule has 0 bridgehead atoms. The Morgan fingerprint density at radius 3 is 2.76 bits per heavy atom. The Morgan fingerprint density at radius 2 is 2.06 bits per heavy atom. The maximum atomic E-state index is 13.5. The van der Waals surface area contributed by atoms with E-state index < -0.39 is 11.6 Å². The van der Waals surface area contributed by atoms with E-state index in [1.165, 1.54) is 11.3 Å². The lowest BCUT2D eigenvalue weighted by Crippen LogP contribution is -2.60. The third-order valence-corrected chi connectivity index (χ3v) is 8.17. The lowest BCUT2D eigenvalue weighted by atomic mass is 9.89. The molecule has 0 spiro atoms. The number of aromatic nitrogens is 2. The summed E-state index contributed by atoms with van der Waals surface area (Å²) in [6, 6.07) is 6.73. The average Bonchev–Trinajstić information content (AvgIpc) is 3.49. The van der Waals surface area contributed by atoms with E-state index in [0.717, 1.165) is 41.0 Å². The molecule has 182 valence electrons. The highest BCUT2D eigenvalue weighted by Gasteiger charge is 2.48. The molecule has 4 N–H and O–H groups in total. The standard InChI is InChI=1S/C24H28ClN5O2S.ClH/c1-23(2,3)30-11-17-18(12-30)33-22(28-17)20(31)24(26)8-4-5-19(24)29-21(32)16-10-13-9-14(25)6-7-15(13)27-16;/h6-7,9-10,19,27H,4-5,8,11-12,26H2,1-3H3,(H,29,32);1H. The number of ketones is 1. The van der Waals surface area contributed by atoms with Gasteiger partial charge in [0.05, 0.1) is 11.7 Å². The molecule has 1 aliphatic carbocycles. The molecule has 2 atom stereocenters. The fourth-order valence-corrected chi connectivity index (χ4v) is 6.08. The van der Waals surface area contributed by atoms with E-state index in [-0.39, 0.29) is 29.6 Å². The SMILES string of the molecule is CC(C)(C)N1Cc2nc(C(=O)C3(N)CCCC3NC(=O)c3cc4cc(Cl)ccc4[nH]3)sc2C1.Cl. The average molecular weight is 523 g/mol. The van der Waals surface area contributed by atoms with Crippen molar-refractivity contribution in [2.24, 2.45) is 5.73 Å². The number of nitrogens with zero attached hydrogens (tertiary/aromatic N) is 2. The number of carbonyl (C=O) groups excluding carboxylic acids is 2. The summed E-state index contributed by atoms with van der Waals surface area (Å²) in [6.07, 6.45) is 1.96. The van der Waals surface area contributed by atoms with Gasteiger partial charge in [-0.05, 0) is 64.3 Å². The Bertz CT molecular complexity index is 1240. The second kappa shape index (κ2) is 8.91. The van der Waals surface area contributed by atoms with E-state index in [0.29, 0.717) is 28.6 Å². The fraction of sp³-hybridized carbons (Fsp3) is 0.458. The summed E-state index contributed by atoms with van der Waals surface area (Å²) in [5, 5.41) is 4.93. The zero-order valence-corrected chi connectivity index (χ0v) is 21.8. The Hall–Kier alpha value is -1.97. The zero-order chi connectivity index (χ0) is 23.5. The van der Waals surface area contributed by atoms with Crippen molar-refractivity contribution < 1.29 is 9.59 Å². The molecule has 0 saturated heterocycles. The first-order valence-corrected chi connectivity index (χ1v) is 12.4. The first-order chi connectivity index (χ1) is 15.5. The maximum absolute atomic E-state index is 13.5. The molecule has 5 rings (SSSR count). The zero-order valence-electron chi connectivity index (χ0n) is 19.4. The van der Waals surface area contributed by atoms with Gasteiger partial charge in [0.2, 0.25) is 5.78 Å². The Kier molecular flexibility index (Phi) is 6.59. The minimum atomic E-state index is -1.15. The molecule has 1 fully saturated rings. The minimum absolute atomic E-state index is 0. The van der Waals surface area contributed by atoms with Crippen LogP contribution in [0.1, 0.15) is 70.9 Å². The van der Waals surface area contributed by atoms with Gasteiger partial charge in [0.15, 0.2) is 5.01 Å². The van der Waals surface area contributed by atoms with Crippen molar-refractivity contribution in [2.45, 2.75) is 70.2 Å². The lowest BCUT2D eigenvalue weighted by Gasteiger charge is -2.31. The molecule has 2 unspecified atom stereocenters. The van der Waals surface area contributed by atoms with Crippen LogP contribution in [-0.2, 0) is 13.1 Å². The van der Waals surface area contributed by atoms with Gasteiger partial charge in [0.25, 0.3) is 5.91 Å². The van der Waals surface area contributed by atoms with Crippen molar-refractivity contribution in [3.8, 4) is 0 Å². The van der Waals surface area contributed by atoms with Gasteiger partial charge < -0.3 is 16.0 Å². The molecule has 0 radical (unpaired) electrons. The normalized spacial score (nSPS) is 22.6. The third kappa shape index (κ3) is 4.38. The van der Waals surface area contributed by atoms with Crippen molar-refractivity contribution in [1.29, 1.82) is 0 Å². The number of nitrogens with two attached hydrogens (primary N) is 1. The molecule has 3 aromatic rings. The van der Waals surface area contributed by atoms with Crippen LogP contribution in [0.25, 0.3) is 10.9 Å². The number of benzene rings is 1. The summed E-state index contributed by atoms with van der Waals surface area (Å²) < 4.78 is 0. The summed E-state index contributed by atoms with van der Waals surface area (Å²) in [4.78, 5) is 37.7. The van der Waals surface area contributed by atoms with E-state index in [9.17, 15) is 9.59 Å². The van der Waals surface area contributed by atoms with Crippen molar-refractivity contribution >= 4 is 57.9 Å². The number of Topliss-reactive ketones (excluding diaryl/α,β-unsaturated/α-hetero) is 1. The van der Waals surface area contributed by atoms with Gasteiger partial charge in [-0.3, -0.25) is 14.5 Å². The number of amides is 1. The maximum Gasteiger partial charge on any atom is 0.268 e. The molecule has 2 aromatic heterocycles. The summed E-state index contributed by atoms with van der Waals surface area (Å²) in [5.41, 5.74) is 7.79. The van der Waals surface area contributed by atoms with E-state index in [4.69, 9.17) is 17.3 Å². The van der Waals surface area contributed by atoms with Gasteiger partial charge in [-0.15, -0.1) is 23.7 Å². The lowest BCUT2D eigenvalue weighted by molar-refractivity contribution is 0.0832. The Balaban J connectivity index is 0.00000274. The van der Waals surface area contributed by atoms with E-state index in [1.54, 1.807) is 18.2 Å². The minimum Gasteiger partial charge on any atom is -0.351 e. The van der Waals surface area contributed by atoms with Crippen LogP contribution in [0.3, 0.4) is 0 Å². The van der Waals surface area contributed by atoms with Crippen molar-refractivity contribution in [1.82, 2.24) is 20.2 Å². The number of halogens is 2. The molecule has 10 heteroatoms. The van der Waals surface area contributed by atoms with Crippen LogP contribution < -0.4 is 11.1 Å². The van der Waals surface area contributed by atoms with Crippen molar-refractivity contribution in [3.05, 3.63) is 50.6 Å². The summed E-state index contributed by atoms with van der Waals surface area (Å²) in [6.45, 7) is 8.07. The van der Waals surface area contributed by atoms with E-state index in [1.807, 2.05) is 6.07 Å². The van der Waals surface area contributed by atoms with Gasteiger partial charge in [-0.25, -0.2) is 4.98 Å². The fourth-order valence-electron chi connectivity index (χ4n) is 4.78. The number of hydrogen-bond donors (Lipinski definition) is 3. The van der Waals surface area contributed by atoms with Crippen LogP contribution in [0.5, 0.6) is 0 Å².